The maximum Gasteiger partial charge on any atom is 0.416 e. The fraction of sp³-hybridized carbons (Fsp3) is 0.421. The molecule has 26 heavy (non-hydrogen) atoms. The highest BCUT2D eigenvalue weighted by molar-refractivity contribution is 5.92. The van der Waals surface area contributed by atoms with E-state index in [1.54, 1.807) is 11.0 Å². The number of halogens is 3. The number of hydrogen-bond donors (Lipinski definition) is 0. The summed E-state index contributed by atoms with van der Waals surface area (Å²) >= 11 is 0. The lowest BCUT2D eigenvalue weighted by Gasteiger charge is -2.21. The van der Waals surface area contributed by atoms with Gasteiger partial charge in [0.2, 0.25) is 0 Å². The van der Waals surface area contributed by atoms with E-state index < -0.39 is 11.7 Å². The van der Waals surface area contributed by atoms with Crippen molar-refractivity contribution in [1.82, 2.24) is 9.80 Å². The number of aryl methyl sites for hydroxylation is 1. The third-order valence-corrected chi connectivity index (χ3v) is 4.62. The predicted molar refractivity (Wildman–Crippen MR) is 90.7 cm³/mol. The Morgan fingerprint density at radius 1 is 1.08 bits per heavy atom. The van der Waals surface area contributed by atoms with Gasteiger partial charge < -0.3 is 9.32 Å². The molecule has 0 atom stereocenters. The van der Waals surface area contributed by atoms with Crippen molar-refractivity contribution in [3.8, 4) is 0 Å². The fourth-order valence-electron chi connectivity index (χ4n) is 3.12. The van der Waals surface area contributed by atoms with Crippen molar-refractivity contribution >= 4 is 5.91 Å². The minimum atomic E-state index is -4.31. The van der Waals surface area contributed by atoms with E-state index in [0.29, 0.717) is 31.9 Å². The van der Waals surface area contributed by atoms with Crippen LogP contribution in [0.15, 0.2) is 41.0 Å². The third-order valence-electron chi connectivity index (χ3n) is 4.62. The van der Waals surface area contributed by atoms with Gasteiger partial charge in [-0.05, 0) is 37.1 Å². The van der Waals surface area contributed by atoms with Gasteiger partial charge in [-0.3, -0.25) is 9.69 Å². The summed E-state index contributed by atoms with van der Waals surface area (Å²) in [5.74, 6) is 0.269. The van der Waals surface area contributed by atoms with Crippen LogP contribution in [0.1, 0.15) is 33.7 Å². The molecule has 3 rings (SSSR count). The van der Waals surface area contributed by atoms with Crippen LogP contribution in [0.4, 0.5) is 13.2 Å². The molecule has 1 amide bonds. The van der Waals surface area contributed by atoms with Gasteiger partial charge in [0.25, 0.3) is 5.91 Å². The minimum Gasteiger partial charge on any atom is -0.459 e. The van der Waals surface area contributed by atoms with Crippen LogP contribution in [-0.2, 0) is 12.7 Å². The van der Waals surface area contributed by atoms with Crippen LogP contribution in [0, 0.1) is 6.92 Å². The van der Waals surface area contributed by atoms with Crippen LogP contribution in [0.3, 0.4) is 0 Å². The number of carbonyl (C=O) groups excluding carboxylic acids is 1. The van der Waals surface area contributed by atoms with Gasteiger partial charge in [-0.15, -0.1) is 0 Å². The summed E-state index contributed by atoms with van der Waals surface area (Å²) in [4.78, 5) is 16.5. The van der Waals surface area contributed by atoms with E-state index in [1.165, 1.54) is 18.4 Å². The summed E-state index contributed by atoms with van der Waals surface area (Å²) in [6.45, 7) is 5.09. The molecule has 1 fully saturated rings. The summed E-state index contributed by atoms with van der Waals surface area (Å²) in [7, 11) is 0. The Labute approximate surface area is 150 Å². The van der Waals surface area contributed by atoms with E-state index in [-0.39, 0.29) is 5.91 Å². The number of amides is 1. The summed E-state index contributed by atoms with van der Waals surface area (Å²) in [5.41, 5.74) is 1.02. The Bertz CT molecular complexity index is 753. The van der Waals surface area contributed by atoms with Crippen LogP contribution in [0.5, 0.6) is 0 Å². The number of furan rings is 1. The molecule has 4 nitrogen and oxygen atoms in total. The average molecular weight is 366 g/mol. The Morgan fingerprint density at radius 3 is 2.42 bits per heavy atom. The van der Waals surface area contributed by atoms with Gasteiger partial charge in [0.1, 0.15) is 0 Å². The van der Waals surface area contributed by atoms with Crippen molar-refractivity contribution in [1.29, 1.82) is 0 Å². The lowest BCUT2D eigenvalue weighted by Crippen LogP contribution is -2.35. The standard InChI is InChI=1S/C19H21F3N2O2/c1-14-7-12-26-17(14)18(25)24-9-2-8-23(10-11-24)13-15-3-5-16(6-4-15)19(20,21)22/h3-7,12H,2,8-11,13H2,1H3. The molecule has 0 radical (unpaired) electrons. The van der Waals surface area contributed by atoms with Crippen molar-refractivity contribution in [2.45, 2.75) is 26.1 Å². The molecule has 0 unspecified atom stereocenters. The van der Waals surface area contributed by atoms with E-state index in [0.717, 1.165) is 36.2 Å². The molecule has 0 aliphatic carbocycles. The molecule has 0 saturated carbocycles. The Morgan fingerprint density at radius 2 is 1.81 bits per heavy atom. The van der Waals surface area contributed by atoms with Gasteiger partial charge in [-0.25, -0.2) is 0 Å². The molecule has 2 aromatic rings. The molecule has 1 aromatic carbocycles. The largest absolute Gasteiger partial charge is 0.459 e. The quantitative estimate of drug-likeness (QED) is 0.825. The van der Waals surface area contributed by atoms with Crippen molar-refractivity contribution in [2.24, 2.45) is 0 Å². The highest BCUT2D eigenvalue weighted by Gasteiger charge is 2.30. The monoisotopic (exact) mass is 366 g/mol. The Balaban J connectivity index is 1.59. The fourth-order valence-corrected chi connectivity index (χ4v) is 3.12. The second-order valence-corrected chi connectivity index (χ2v) is 6.55. The van der Waals surface area contributed by atoms with Crippen LogP contribution in [-0.4, -0.2) is 41.9 Å². The number of benzene rings is 1. The van der Waals surface area contributed by atoms with Crippen LogP contribution >= 0.6 is 0 Å². The van der Waals surface area contributed by atoms with Crippen LogP contribution in [0.25, 0.3) is 0 Å². The predicted octanol–water partition coefficient (Wildman–Crippen LogP) is 3.95. The number of alkyl halides is 3. The zero-order valence-electron chi connectivity index (χ0n) is 14.6. The second-order valence-electron chi connectivity index (χ2n) is 6.55. The summed E-state index contributed by atoms with van der Waals surface area (Å²) in [6.07, 6.45) is -1.99. The number of hydrogen-bond acceptors (Lipinski definition) is 3. The Hall–Kier alpha value is -2.28. The van der Waals surface area contributed by atoms with E-state index in [1.807, 2.05) is 6.92 Å². The molecule has 7 heteroatoms. The molecular formula is C19H21F3N2O2. The highest BCUT2D eigenvalue weighted by Crippen LogP contribution is 2.29. The van der Waals surface area contributed by atoms with E-state index >= 15 is 0 Å². The number of carbonyl (C=O) groups is 1. The summed E-state index contributed by atoms with van der Waals surface area (Å²) in [6, 6.07) is 7.03. The molecule has 0 N–H and O–H groups in total. The molecule has 140 valence electrons. The van der Waals surface area contributed by atoms with Gasteiger partial charge in [0, 0.05) is 38.3 Å². The first-order valence-corrected chi connectivity index (χ1v) is 8.56. The van der Waals surface area contributed by atoms with Crippen molar-refractivity contribution in [3.05, 3.63) is 59.0 Å². The van der Waals surface area contributed by atoms with Crippen molar-refractivity contribution in [3.63, 3.8) is 0 Å². The van der Waals surface area contributed by atoms with E-state index in [9.17, 15) is 18.0 Å². The normalized spacial score (nSPS) is 16.5. The van der Waals surface area contributed by atoms with Crippen molar-refractivity contribution < 1.29 is 22.4 Å². The van der Waals surface area contributed by atoms with Gasteiger partial charge in [0.05, 0.1) is 11.8 Å². The van der Waals surface area contributed by atoms with E-state index in [2.05, 4.69) is 4.90 Å². The zero-order chi connectivity index (χ0) is 18.7. The van der Waals surface area contributed by atoms with Crippen LogP contribution < -0.4 is 0 Å². The lowest BCUT2D eigenvalue weighted by atomic mass is 10.1. The molecule has 1 aromatic heterocycles. The van der Waals surface area contributed by atoms with Gasteiger partial charge in [-0.2, -0.15) is 13.2 Å². The maximum atomic E-state index is 12.6. The average Bonchev–Trinajstić information content (AvgIpc) is 2.88. The smallest absolute Gasteiger partial charge is 0.416 e. The lowest BCUT2D eigenvalue weighted by molar-refractivity contribution is -0.137. The van der Waals surface area contributed by atoms with Gasteiger partial charge >= 0.3 is 6.18 Å². The number of nitrogens with zero attached hydrogens (tertiary/aromatic N) is 2. The topological polar surface area (TPSA) is 36.7 Å². The van der Waals surface area contributed by atoms with Gasteiger partial charge in [-0.1, -0.05) is 12.1 Å². The maximum absolute atomic E-state index is 12.6. The third kappa shape index (κ3) is 4.27. The minimum absolute atomic E-state index is 0.108. The highest BCUT2D eigenvalue weighted by atomic mass is 19.4. The van der Waals surface area contributed by atoms with Crippen molar-refractivity contribution in [2.75, 3.05) is 26.2 Å². The Kier molecular flexibility index (Phi) is 5.36. The summed E-state index contributed by atoms with van der Waals surface area (Å²) in [5, 5.41) is 0. The second kappa shape index (κ2) is 7.53. The molecule has 1 saturated heterocycles. The van der Waals surface area contributed by atoms with E-state index in [4.69, 9.17) is 4.42 Å². The summed E-state index contributed by atoms with van der Waals surface area (Å²) < 4.78 is 43.2. The molecule has 0 spiro atoms. The SMILES string of the molecule is Cc1ccoc1C(=O)N1CCCN(Cc2ccc(C(F)(F)F)cc2)CC1. The van der Waals surface area contributed by atoms with Gasteiger partial charge in [0.15, 0.2) is 5.76 Å². The van der Waals surface area contributed by atoms with Crippen LogP contribution in [0.2, 0.25) is 0 Å². The molecule has 1 aliphatic rings. The molecule has 0 bridgehead atoms. The number of rotatable bonds is 3. The first-order chi connectivity index (χ1) is 12.3. The zero-order valence-corrected chi connectivity index (χ0v) is 14.6. The first kappa shape index (κ1) is 18.5. The molecular weight excluding hydrogens is 345 g/mol. The first-order valence-electron chi connectivity index (χ1n) is 8.56. The molecule has 2 heterocycles. The molecule has 1 aliphatic heterocycles.